The maximum absolute atomic E-state index is 12.9. The van der Waals surface area contributed by atoms with E-state index in [0.29, 0.717) is 53.1 Å². The van der Waals surface area contributed by atoms with Gasteiger partial charge in [-0.05, 0) is 19.1 Å². The predicted molar refractivity (Wildman–Crippen MR) is 131 cm³/mol. The second-order valence-corrected chi connectivity index (χ2v) is 9.94. The molecule has 0 atom stereocenters. The Morgan fingerprint density at radius 3 is 2.71 bits per heavy atom. The summed E-state index contributed by atoms with van der Waals surface area (Å²) < 4.78 is 11.3. The van der Waals surface area contributed by atoms with Crippen LogP contribution in [0.15, 0.2) is 54.5 Å². The second-order valence-electron chi connectivity index (χ2n) is 7.76. The Balaban J connectivity index is 1.15. The van der Waals surface area contributed by atoms with Crippen LogP contribution in [0.3, 0.4) is 0 Å². The largest absolute Gasteiger partial charge is 0.451 e. The Labute approximate surface area is 207 Å². The number of thioether (sulfide) groups is 1. The minimum Gasteiger partial charge on any atom is -0.451 e. The lowest BCUT2D eigenvalue weighted by Crippen LogP contribution is -2.48. The van der Waals surface area contributed by atoms with Crippen LogP contribution in [0.1, 0.15) is 16.3 Å². The Kier molecular flexibility index (Phi) is 6.51. The van der Waals surface area contributed by atoms with Crippen molar-refractivity contribution in [3.63, 3.8) is 0 Å². The van der Waals surface area contributed by atoms with Crippen LogP contribution in [0, 0.1) is 6.92 Å². The minimum atomic E-state index is -0.311. The fraction of sp³-hybridized carbons (Fsp3) is 0.273. The normalized spacial score (nSPS) is 13.9. The van der Waals surface area contributed by atoms with E-state index in [1.54, 1.807) is 42.2 Å². The van der Waals surface area contributed by atoms with E-state index in [0.717, 1.165) is 5.13 Å². The van der Waals surface area contributed by atoms with Crippen molar-refractivity contribution < 1.29 is 18.5 Å². The molecule has 1 aliphatic rings. The van der Waals surface area contributed by atoms with Crippen LogP contribution in [0.4, 0.5) is 10.9 Å². The van der Waals surface area contributed by atoms with Crippen molar-refractivity contribution in [2.45, 2.75) is 11.3 Å². The molecule has 0 spiro atoms. The van der Waals surface area contributed by atoms with Gasteiger partial charge in [-0.3, -0.25) is 14.4 Å². The summed E-state index contributed by atoms with van der Waals surface area (Å²) in [5.74, 6) is 0.671. The molecule has 1 aromatic carbocycles. The average Bonchev–Trinajstić information content (AvgIpc) is 3.51. The molecule has 0 radical (unpaired) electrons. The molecular formula is C22H20N6O5S2. The van der Waals surface area contributed by atoms with Gasteiger partial charge < -0.3 is 24.1 Å². The van der Waals surface area contributed by atoms with Gasteiger partial charge in [-0.1, -0.05) is 40.4 Å². The third-order valence-electron chi connectivity index (χ3n) is 5.30. The summed E-state index contributed by atoms with van der Waals surface area (Å²) in [6.45, 7) is 3.79. The number of nitrogens with one attached hydrogen (secondary N) is 1. The number of benzene rings is 1. The first kappa shape index (κ1) is 23.1. The van der Waals surface area contributed by atoms with Crippen molar-refractivity contribution in [1.82, 2.24) is 20.3 Å². The zero-order valence-electron chi connectivity index (χ0n) is 18.6. The number of anilines is 2. The molecule has 35 heavy (non-hydrogen) atoms. The molecule has 13 heteroatoms. The summed E-state index contributed by atoms with van der Waals surface area (Å²) in [6, 6.07) is 9.76. The van der Waals surface area contributed by atoms with E-state index in [-0.39, 0.29) is 28.8 Å². The maximum atomic E-state index is 12.9. The zero-order chi connectivity index (χ0) is 24.4. The molecule has 0 unspecified atom stereocenters. The number of piperazine rings is 1. The molecule has 1 aliphatic heterocycles. The van der Waals surface area contributed by atoms with Gasteiger partial charge in [0, 0.05) is 38.3 Å². The van der Waals surface area contributed by atoms with E-state index < -0.39 is 0 Å². The van der Waals surface area contributed by atoms with Gasteiger partial charge in [0.25, 0.3) is 5.91 Å². The third-order valence-corrected chi connectivity index (χ3v) is 7.42. The zero-order valence-corrected chi connectivity index (χ0v) is 20.2. The highest BCUT2D eigenvalue weighted by Gasteiger charge is 2.26. The van der Waals surface area contributed by atoms with Crippen molar-refractivity contribution in [1.29, 1.82) is 0 Å². The van der Waals surface area contributed by atoms with Crippen molar-refractivity contribution in [3.8, 4) is 0 Å². The van der Waals surface area contributed by atoms with E-state index in [1.165, 1.54) is 29.2 Å². The van der Waals surface area contributed by atoms with E-state index in [1.807, 2.05) is 4.90 Å². The number of rotatable bonds is 6. The van der Waals surface area contributed by atoms with Gasteiger partial charge >= 0.3 is 0 Å². The first-order valence-corrected chi connectivity index (χ1v) is 12.5. The van der Waals surface area contributed by atoms with Gasteiger partial charge in [0.2, 0.25) is 11.0 Å². The smallest absolute Gasteiger partial charge is 0.289 e. The number of fused-ring (bicyclic) bond motifs is 1. The molecule has 0 bridgehead atoms. The quantitative estimate of drug-likeness (QED) is 0.384. The predicted octanol–water partition coefficient (Wildman–Crippen LogP) is 2.63. The molecule has 2 amide bonds. The minimum absolute atomic E-state index is 0.0378. The number of hydrogen-bond donors (Lipinski definition) is 1. The number of hydrogen-bond acceptors (Lipinski definition) is 11. The summed E-state index contributed by atoms with van der Waals surface area (Å²) in [4.78, 5) is 41.0. The molecule has 180 valence electrons. The molecule has 1 saturated heterocycles. The number of nitrogens with zero attached hydrogens (tertiary/aromatic N) is 5. The van der Waals surface area contributed by atoms with Crippen molar-refractivity contribution in [3.05, 3.63) is 58.1 Å². The van der Waals surface area contributed by atoms with Gasteiger partial charge in [0.05, 0.1) is 11.1 Å². The first-order valence-electron chi connectivity index (χ1n) is 10.7. The Morgan fingerprint density at radius 1 is 1.14 bits per heavy atom. The monoisotopic (exact) mass is 512 g/mol. The molecule has 1 N–H and O–H groups in total. The third kappa shape index (κ3) is 5.20. The topological polar surface area (TPSA) is 135 Å². The number of amides is 2. The van der Waals surface area contributed by atoms with Gasteiger partial charge in [-0.25, -0.2) is 0 Å². The van der Waals surface area contributed by atoms with E-state index in [4.69, 9.17) is 8.94 Å². The second kappa shape index (κ2) is 9.88. The Morgan fingerprint density at radius 2 is 1.94 bits per heavy atom. The van der Waals surface area contributed by atoms with E-state index in [9.17, 15) is 14.4 Å². The number of carbonyl (C=O) groups is 2. The molecule has 4 heterocycles. The first-order chi connectivity index (χ1) is 17.0. The molecule has 0 aliphatic carbocycles. The highest BCUT2D eigenvalue weighted by molar-refractivity contribution is 8.01. The van der Waals surface area contributed by atoms with Crippen LogP contribution in [-0.2, 0) is 4.79 Å². The Bertz CT molecular complexity index is 1440. The molecule has 5 rings (SSSR count). The highest BCUT2D eigenvalue weighted by atomic mass is 32.2. The van der Waals surface area contributed by atoms with Gasteiger partial charge in [0.15, 0.2) is 21.3 Å². The average molecular weight is 513 g/mol. The van der Waals surface area contributed by atoms with E-state index >= 15 is 0 Å². The summed E-state index contributed by atoms with van der Waals surface area (Å²) in [5.41, 5.74) is 0.156. The molecular weight excluding hydrogens is 492 g/mol. The number of aromatic nitrogens is 3. The number of aryl methyl sites for hydroxylation is 1. The van der Waals surface area contributed by atoms with Crippen molar-refractivity contribution in [2.75, 3.05) is 42.1 Å². The summed E-state index contributed by atoms with van der Waals surface area (Å²) in [5, 5.41) is 16.0. The summed E-state index contributed by atoms with van der Waals surface area (Å²) in [6.07, 6.45) is 0. The van der Waals surface area contributed by atoms with Crippen LogP contribution < -0.4 is 15.6 Å². The Hall–Kier alpha value is -3.71. The lowest BCUT2D eigenvalue weighted by molar-refractivity contribution is -0.113. The van der Waals surface area contributed by atoms with Crippen LogP contribution in [0.2, 0.25) is 0 Å². The van der Waals surface area contributed by atoms with Gasteiger partial charge in [-0.15, -0.1) is 10.2 Å². The molecule has 0 saturated carbocycles. The molecule has 1 fully saturated rings. The summed E-state index contributed by atoms with van der Waals surface area (Å²) in [7, 11) is 0. The molecule has 4 aromatic rings. The molecule has 3 aromatic heterocycles. The number of para-hydroxylation sites is 1. The maximum Gasteiger partial charge on any atom is 0.289 e. The highest BCUT2D eigenvalue weighted by Crippen LogP contribution is 2.29. The number of carbonyl (C=O) groups excluding carboxylic acids is 2. The van der Waals surface area contributed by atoms with Crippen LogP contribution in [-0.4, -0.2) is 64.0 Å². The van der Waals surface area contributed by atoms with Crippen LogP contribution >= 0.6 is 23.1 Å². The lowest BCUT2D eigenvalue weighted by Gasteiger charge is -2.33. The fourth-order valence-corrected chi connectivity index (χ4v) is 5.28. The molecule has 11 nitrogen and oxygen atoms in total. The SMILES string of the molecule is Cc1cc(NC(=O)CSc2nnc(N3CCN(C(=O)c4cc(=O)c5ccccc5o4)CC3)s2)no1. The summed E-state index contributed by atoms with van der Waals surface area (Å²) >= 11 is 2.68. The van der Waals surface area contributed by atoms with Crippen molar-refractivity contribution >= 4 is 56.8 Å². The van der Waals surface area contributed by atoms with Crippen LogP contribution in [0.5, 0.6) is 0 Å². The van der Waals surface area contributed by atoms with Gasteiger partial charge in [0.1, 0.15) is 11.3 Å². The van der Waals surface area contributed by atoms with Gasteiger partial charge in [-0.2, -0.15) is 0 Å². The van der Waals surface area contributed by atoms with E-state index in [2.05, 4.69) is 20.7 Å². The lowest BCUT2D eigenvalue weighted by atomic mass is 10.2. The van der Waals surface area contributed by atoms with Crippen LogP contribution in [0.25, 0.3) is 11.0 Å². The fourth-order valence-electron chi connectivity index (χ4n) is 3.59. The van der Waals surface area contributed by atoms with Crippen molar-refractivity contribution in [2.24, 2.45) is 0 Å². The standard InChI is InChI=1S/C22H20N6O5S2/c1-13-10-18(26-33-13)23-19(30)12-34-22-25-24-21(35-22)28-8-6-27(7-9-28)20(31)17-11-15(29)14-4-2-3-5-16(14)32-17/h2-5,10-11H,6-9,12H2,1H3,(H,23,26,30).